The van der Waals surface area contributed by atoms with E-state index in [0.717, 1.165) is 65.2 Å². The third-order valence-corrected chi connectivity index (χ3v) is 7.41. The number of rotatable bonds is 8. The fourth-order valence-electron chi connectivity index (χ4n) is 4.68. The van der Waals surface area contributed by atoms with Gasteiger partial charge in [0.1, 0.15) is 5.82 Å². The van der Waals surface area contributed by atoms with E-state index in [1.54, 1.807) is 4.52 Å². The highest BCUT2D eigenvalue weighted by Crippen LogP contribution is 2.24. The van der Waals surface area contributed by atoms with E-state index in [9.17, 15) is 4.79 Å². The molecule has 1 saturated heterocycles. The third kappa shape index (κ3) is 4.54. The van der Waals surface area contributed by atoms with Gasteiger partial charge in [-0.05, 0) is 44.0 Å². The SMILES string of the molecule is Cc1nc2ccccc2n1CCc1nc2c3ccccc3nc(SCC(=O)NC[C@H]3CCCO3)n2n1. The molecular weight excluding hydrogens is 474 g/mol. The fourth-order valence-corrected chi connectivity index (χ4v) is 5.45. The smallest absolute Gasteiger partial charge is 0.230 e. The van der Waals surface area contributed by atoms with Crippen LogP contribution in [-0.4, -0.2) is 60.0 Å². The monoisotopic (exact) mass is 501 g/mol. The lowest BCUT2D eigenvalue weighted by Crippen LogP contribution is -2.32. The molecule has 0 radical (unpaired) electrons. The van der Waals surface area contributed by atoms with Crippen molar-refractivity contribution in [1.29, 1.82) is 0 Å². The van der Waals surface area contributed by atoms with E-state index in [1.807, 2.05) is 49.4 Å². The van der Waals surface area contributed by atoms with E-state index in [1.165, 1.54) is 11.8 Å². The molecule has 0 spiro atoms. The van der Waals surface area contributed by atoms with Crippen LogP contribution in [-0.2, 0) is 22.5 Å². The minimum atomic E-state index is -0.0404. The summed E-state index contributed by atoms with van der Waals surface area (Å²) >= 11 is 1.37. The Morgan fingerprint density at radius 3 is 2.81 bits per heavy atom. The van der Waals surface area contributed by atoms with Gasteiger partial charge in [-0.1, -0.05) is 36.0 Å². The Kier molecular flexibility index (Phi) is 6.28. The minimum Gasteiger partial charge on any atom is -0.376 e. The highest BCUT2D eigenvalue weighted by Gasteiger charge is 2.18. The maximum absolute atomic E-state index is 12.5. The summed E-state index contributed by atoms with van der Waals surface area (Å²) in [6.07, 6.45) is 2.83. The Morgan fingerprint density at radius 2 is 1.94 bits per heavy atom. The number of thioether (sulfide) groups is 1. The number of fused-ring (bicyclic) bond motifs is 4. The summed E-state index contributed by atoms with van der Waals surface area (Å²) in [4.78, 5) is 26.8. The number of ether oxygens (including phenoxy) is 1. The van der Waals surface area contributed by atoms with Crippen LogP contribution in [0.2, 0.25) is 0 Å². The van der Waals surface area contributed by atoms with Gasteiger partial charge in [-0.25, -0.2) is 15.0 Å². The van der Waals surface area contributed by atoms with Crippen molar-refractivity contribution in [1.82, 2.24) is 34.4 Å². The molecule has 4 heterocycles. The molecule has 1 atom stereocenters. The molecule has 10 heteroatoms. The number of carbonyl (C=O) groups is 1. The maximum atomic E-state index is 12.5. The Labute approximate surface area is 212 Å². The van der Waals surface area contributed by atoms with Crippen LogP contribution in [0.5, 0.6) is 0 Å². The molecule has 0 unspecified atom stereocenters. The lowest BCUT2D eigenvalue weighted by atomic mass is 10.2. The van der Waals surface area contributed by atoms with Gasteiger partial charge in [0.05, 0.1) is 28.4 Å². The van der Waals surface area contributed by atoms with Crippen molar-refractivity contribution in [2.24, 2.45) is 0 Å². The number of nitrogens with zero attached hydrogens (tertiary/aromatic N) is 6. The van der Waals surface area contributed by atoms with E-state index in [-0.39, 0.29) is 17.8 Å². The Hall–Kier alpha value is -3.50. The first-order valence-electron chi connectivity index (χ1n) is 12.2. The van der Waals surface area contributed by atoms with E-state index >= 15 is 0 Å². The number of amides is 1. The van der Waals surface area contributed by atoms with Crippen LogP contribution >= 0.6 is 11.8 Å². The summed E-state index contributed by atoms with van der Waals surface area (Å²) in [5.74, 6) is 1.91. The van der Waals surface area contributed by atoms with Crippen molar-refractivity contribution >= 4 is 45.3 Å². The highest BCUT2D eigenvalue weighted by molar-refractivity contribution is 7.99. The summed E-state index contributed by atoms with van der Waals surface area (Å²) in [6, 6.07) is 16.1. The molecule has 5 aromatic rings. The number of imidazole rings is 1. The zero-order valence-electron chi connectivity index (χ0n) is 20.1. The Balaban J connectivity index is 1.24. The average molecular weight is 502 g/mol. The van der Waals surface area contributed by atoms with Crippen molar-refractivity contribution in [2.75, 3.05) is 18.9 Å². The van der Waals surface area contributed by atoms with Crippen molar-refractivity contribution in [3.05, 3.63) is 60.2 Å². The molecule has 6 rings (SSSR count). The second kappa shape index (κ2) is 9.87. The second-order valence-electron chi connectivity index (χ2n) is 8.95. The predicted octanol–water partition coefficient (Wildman–Crippen LogP) is 3.57. The number of aromatic nitrogens is 6. The van der Waals surface area contributed by atoms with Gasteiger partial charge >= 0.3 is 0 Å². The van der Waals surface area contributed by atoms with E-state index in [0.29, 0.717) is 18.1 Å². The zero-order valence-corrected chi connectivity index (χ0v) is 20.9. The predicted molar refractivity (Wildman–Crippen MR) is 139 cm³/mol. The van der Waals surface area contributed by atoms with E-state index < -0.39 is 0 Å². The molecule has 2 aromatic carbocycles. The van der Waals surface area contributed by atoms with Gasteiger partial charge in [0.25, 0.3) is 0 Å². The molecule has 0 saturated carbocycles. The molecule has 9 nitrogen and oxygen atoms in total. The van der Waals surface area contributed by atoms with Crippen molar-refractivity contribution in [3.8, 4) is 0 Å². The first kappa shape index (κ1) is 22.9. The molecule has 0 aliphatic carbocycles. The van der Waals surface area contributed by atoms with Crippen molar-refractivity contribution in [3.63, 3.8) is 0 Å². The summed E-state index contributed by atoms with van der Waals surface area (Å²) < 4.78 is 9.57. The summed E-state index contributed by atoms with van der Waals surface area (Å²) in [7, 11) is 0. The second-order valence-corrected chi connectivity index (χ2v) is 9.89. The largest absolute Gasteiger partial charge is 0.376 e. The van der Waals surface area contributed by atoms with E-state index in [2.05, 4.69) is 20.9 Å². The van der Waals surface area contributed by atoms with Crippen LogP contribution < -0.4 is 5.32 Å². The van der Waals surface area contributed by atoms with E-state index in [4.69, 9.17) is 19.8 Å². The molecule has 1 fully saturated rings. The quantitative estimate of drug-likeness (QED) is 0.256. The summed E-state index contributed by atoms with van der Waals surface area (Å²) in [6.45, 7) is 4.07. The van der Waals surface area contributed by atoms with Crippen LogP contribution in [0.3, 0.4) is 0 Å². The zero-order chi connectivity index (χ0) is 24.5. The van der Waals surface area contributed by atoms with Crippen LogP contribution in [0, 0.1) is 6.92 Å². The Bertz CT molecular complexity index is 1550. The molecule has 3 aromatic heterocycles. The first-order chi connectivity index (χ1) is 17.7. The first-order valence-corrected chi connectivity index (χ1v) is 13.2. The maximum Gasteiger partial charge on any atom is 0.230 e. The van der Waals surface area contributed by atoms with Crippen LogP contribution in [0.1, 0.15) is 24.5 Å². The van der Waals surface area contributed by atoms with Crippen LogP contribution in [0.25, 0.3) is 27.6 Å². The van der Waals surface area contributed by atoms with Crippen molar-refractivity contribution in [2.45, 2.75) is 44.0 Å². The van der Waals surface area contributed by atoms with Gasteiger partial charge in [0.2, 0.25) is 5.91 Å². The topological polar surface area (TPSA) is 99.2 Å². The molecule has 1 aliphatic heterocycles. The summed E-state index contributed by atoms with van der Waals surface area (Å²) in [5, 5.41) is 9.36. The minimum absolute atomic E-state index is 0.0404. The lowest BCUT2D eigenvalue weighted by molar-refractivity contribution is -0.119. The number of carbonyl (C=O) groups excluding carboxylic acids is 1. The van der Waals surface area contributed by atoms with Crippen LogP contribution in [0.4, 0.5) is 0 Å². The molecule has 36 heavy (non-hydrogen) atoms. The number of para-hydroxylation sites is 3. The highest BCUT2D eigenvalue weighted by atomic mass is 32.2. The van der Waals surface area contributed by atoms with Crippen molar-refractivity contribution < 1.29 is 9.53 Å². The third-order valence-electron chi connectivity index (χ3n) is 6.48. The number of hydrogen-bond donors (Lipinski definition) is 1. The normalized spacial score (nSPS) is 15.9. The average Bonchev–Trinajstić information content (AvgIpc) is 3.63. The number of hydrogen-bond acceptors (Lipinski definition) is 7. The molecule has 1 N–H and O–H groups in total. The number of aryl methyl sites for hydroxylation is 3. The molecular formula is C26H27N7O2S. The standard InChI is InChI=1S/C26H27N7O2S/c1-17-28-21-10-4-5-11-22(21)32(17)13-12-23-30-25-19-8-2-3-9-20(19)29-26(33(25)31-23)36-16-24(34)27-15-18-7-6-14-35-18/h2-5,8-11,18H,6-7,12-16H2,1H3,(H,27,34)/t18-/m1/s1. The van der Waals surface area contributed by atoms with Gasteiger partial charge in [-0.2, -0.15) is 4.52 Å². The summed E-state index contributed by atoms with van der Waals surface area (Å²) in [5.41, 5.74) is 3.69. The lowest BCUT2D eigenvalue weighted by Gasteiger charge is -2.10. The fraction of sp³-hybridized carbons (Fsp3) is 0.346. The Morgan fingerprint density at radius 1 is 1.11 bits per heavy atom. The molecule has 1 aliphatic rings. The van der Waals surface area contributed by atoms with Crippen LogP contribution in [0.15, 0.2) is 53.7 Å². The molecule has 1 amide bonds. The molecule has 184 valence electrons. The van der Waals surface area contributed by atoms with Gasteiger partial charge in [0, 0.05) is 31.5 Å². The molecule has 0 bridgehead atoms. The van der Waals surface area contributed by atoms with Gasteiger partial charge in [-0.3, -0.25) is 4.79 Å². The van der Waals surface area contributed by atoms with Gasteiger partial charge < -0.3 is 14.6 Å². The van der Waals surface area contributed by atoms with Gasteiger partial charge in [0.15, 0.2) is 16.6 Å². The number of benzene rings is 2. The van der Waals surface area contributed by atoms with Gasteiger partial charge in [-0.15, -0.1) is 5.10 Å². The number of nitrogens with one attached hydrogen (secondary N) is 1.